The molecule has 0 bridgehead atoms. The molecule has 1 heterocycles. The first kappa shape index (κ1) is 16.2. The molecular weight excluding hydrogens is 284 g/mol. The standard InChI is InChI=1S/C17H22O3S/c1-14-17(9-11-19-14)21-13-12-20-16-7-5-15(6-8-16)4-2-3-10-18/h5-8,14,17-18H,3,9-13H2,1H3. The molecule has 1 aliphatic rings. The summed E-state index contributed by atoms with van der Waals surface area (Å²) < 4.78 is 11.3. The summed E-state index contributed by atoms with van der Waals surface area (Å²) in [4.78, 5) is 0. The molecule has 1 aromatic rings. The molecule has 1 aromatic carbocycles. The van der Waals surface area contributed by atoms with Crippen molar-refractivity contribution >= 4 is 11.8 Å². The Balaban J connectivity index is 1.68. The fourth-order valence-corrected chi connectivity index (χ4v) is 3.24. The van der Waals surface area contributed by atoms with E-state index in [1.54, 1.807) is 0 Å². The van der Waals surface area contributed by atoms with E-state index in [0.717, 1.165) is 30.1 Å². The molecule has 21 heavy (non-hydrogen) atoms. The van der Waals surface area contributed by atoms with Gasteiger partial charge in [-0.15, -0.1) is 0 Å². The fourth-order valence-electron chi connectivity index (χ4n) is 2.14. The molecular formula is C17H22O3S. The third-order valence-corrected chi connectivity index (χ3v) is 4.76. The van der Waals surface area contributed by atoms with Crippen LogP contribution in [0.3, 0.4) is 0 Å². The van der Waals surface area contributed by atoms with Gasteiger partial charge in [0, 0.05) is 29.6 Å². The predicted octanol–water partition coefficient (Wildman–Crippen LogP) is 2.71. The highest BCUT2D eigenvalue weighted by Crippen LogP contribution is 2.26. The fraction of sp³-hybridized carbons (Fsp3) is 0.529. The second-order valence-corrected chi connectivity index (χ2v) is 6.27. The lowest BCUT2D eigenvalue weighted by Crippen LogP contribution is -2.15. The molecule has 1 N–H and O–H groups in total. The molecule has 0 radical (unpaired) electrons. The molecule has 1 saturated heterocycles. The Labute approximate surface area is 131 Å². The van der Waals surface area contributed by atoms with Gasteiger partial charge in [-0.25, -0.2) is 0 Å². The molecule has 3 nitrogen and oxygen atoms in total. The van der Waals surface area contributed by atoms with E-state index in [4.69, 9.17) is 14.6 Å². The van der Waals surface area contributed by atoms with E-state index < -0.39 is 0 Å². The zero-order valence-corrected chi connectivity index (χ0v) is 13.2. The van der Waals surface area contributed by atoms with Crippen LogP contribution in [-0.4, -0.2) is 42.0 Å². The van der Waals surface area contributed by atoms with E-state index in [-0.39, 0.29) is 6.61 Å². The Kier molecular flexibility index (Phi) is 6.94. The minimum Gasteiger partial charge on any atom is -0.493 e. The van der Waals surface area contributed by atoms with Gasteiger partial charge in [-0.1, -0.05) is 11.8 Å². The lowest BCUT2D eigenvalue weighted by Gasteiger charge is -2.13. The van der Waals surface area contributed by atoms with Gasteiger partial charge in [0.05, 0.1) is 19.3 Å². The summed E-state index contributed by atoms with van der Waals surface area (Å²) >= 11 is 1.93. The highest BCUT2D eigenvalue weighted by molar-refractivity contribution is 8.00. The first-order valence-corrected chi connectivity index (χ1v) is 8.40. The van der Waals surface area contributed by atoms with Crippen LogP contribution in [0.15, 0.2) is 24.3 Å². The van der Waals surface area contributed by atoms with Gasteiger partial charge in [0.15, 0.2) is 0 Å². The molecule has 0 saturated carbocycles. The van der Waals surface area contributed by atoms with E-state index in [2.05, 4.69) is 18.8 Å². The molecule has 4 heteroatoms. The average molecular weight is 306 g/mol. The molecule has 0 amide bonds. The van der Waals surface area contributed by atoms with Gasteiger partial charge in [-0.05, 0) is 37.6 Å². The summed E-state index contributed by atoms with van der Waals surface area (Å²) in [6.45, 7) is 3.85. The lowest BCUT2D eigenvalue weighted by molar-refractivity contribution is 0.127. The van der Waals surface area contributed by atoms with Crippen LogP contribution in [0.2, 0.25) is 0 Å². The number of aliphatic hydroxyl groups is 1. The van der Waals surface area contributed by atoms with Gasteiger partial charge >= 0.3 is 0 Å². The molecule has 0 aromatic heterocycles. The van der Waals surface area contributed by atoms with Crippen molar-refractivity contribution < 1.29 is 14.6 Å². The Bertz CT molecular complexity index is 475. The van der Waals surface area contributed by atoms with Crippen molar-refractivity contribution in [2.75, 3.05) is 25.6 Å². The molecule has 2 unspecified atom stereocenters. The second kappa shape index (κ2) is 8.99. The quantitative estimate of drug-likeness (QED) is 0.648. The first-order chi connectivity index (χ1) is 10.3. The maximum Gasteiger partial charge on any atom is 0.119 e. The van der Waals surface area contributed by atoms with E-state index in [1.165, 1.54) is 0 Å². The van der Waals surface area contributed by atoms with Crippen molar-refractivity contribution in [1.29, 1.82) is 0 Å². The Morgan fingerprint density at radius 1 is 1.38 bits per heavy atom. The van der Waals surface area contributed by atoms with Gasteiger partial charge in [-0.3, -0.25) is 0 Å². The van der Waals surface area contributed by atoms with Crippen LogP contribution in [0.5, 0.6) is 5.75 Å². The SMILES string of the molecule is CC1OCCC1SCCOc1ccc(C#CCCO)cc1. The molecule has 0 aliphatic carbocycles. The smallest absolute Gasteiger partial charge is 0.119 e. The maximum absolute atomic E-state index is 8.67. The van der Waals surface area contributed by atoms with Crippen molar-refractivity contribution in [3.63, 3.8) is 0 Å². The Morgan fingerprint density at radius 2 is 2.19 bits per heavy atom. The van der Waals surface area contributed by atoms with E-state index in [9.17, 15) is 0 Å². The zero-order chi connectivity index (χ0) is 14.9. The number of rotatable bonds is 6. The zero-order valence-electron chi connectivity index (χ0n) is 12.4. The van der Waals surface area contributed by atoms with Crippen molar-refractivity contribution in [3.8, 4) is 17.6 Å². The van der Waals surface area contributed by atoms with Gasteiger partial charge in [0.25, 0.3) is 0 Å². The van der Waals surface area contributed by atoms with Crippen LogP contribution in [0.25, 0.3) is 0 Å². The second-order valence-electron chi connectivity index (χ2n) is 4.92. The predicted molar refractivity (Wildman–Crippen MR) is 86.8 cm³/mol. The molecule has 114 valence electrons. The van der Waals surface area contributed by atoms with Crippen LogP contribution >= 0.6 is 11.8 Å². The normalized spacial score (nSPS) is 20.9. The van der Waals surface area contributed by atoms with Crippen LogP contribution in [-0.2, 0) is 4.74 Å². The largest absolute Gasteiger partial charge is 0.493 e. The third kappa shape index (κ3) is 5.62. The van der Waals surface area contributed by atoms with Crippen LogP contribution < -0.4 is 4.74 Å². The summed E-state index contributed by atoms with van der Waals surface area (Å²) in [5, 5.41) is 9.28. The topological polar surface area (TPSA) is 38.7 Å². The summed E-state index contributed by atoms with van der Waals surface area (Å²) in [6.07, 6.45) is 2.03. The summed E-state index contributed by atoms with van der Waals surface area (Å²) in [7, 11) is 0. The Morgan fingerprint density at radius 3 is 2.86 bits per heavy atom. The minimum atomic E-state index is 0.108. The summed E-state index contributed by atoms with van der Waals surface area (Å²) in [5.74, 6) is 7.76. The highest BCUT2D eigenvalue weighted by Gasteiger charge is 2.23. The monoisotopic (exact) mass is 306 g/mol. The van der Waals surface area contributed by atoms with Gasteiger partial charge in [-0.2, -0.15) is 11.8 Å². The van der Waals surface area contributed by atoms with Crippen molar-refractivity contribution in [2.45, 2.75) is 31.1 Å². The number of hydrogen-bond donors (Lipinski definition) is 1. The van der Waals surface area contributed by atoms with E-state index >= 15 is 0 Å². The molecule has 1 fully saturated rings. The van der Waals surface area contributed by atoms with Crippen molar-refractivity contribution in [3.05, 3.63) is 29.8 Å². The van der Waals surface area contributed by atoms with Crippen LogP contribution in [0.4, 0.5) is 0 Å². The van der Waals surface area contributed by atoms with Gasteiger partial charge < -0.3 is 14.6 Å². The third-order valence-electron chi connectivity index (χ3n) is 3.31. The summed E-state index contributed by atoms with van der Waals surface area (Å²) in [6, 6.07) is 7.77. The van der Waals surface area contributed by atoms with Crippen LogP contribution in [0, 0.1) is 11.8 Å². The number of thioether (sulfide) groups is 1. The average Bonchev–Trinajstić information content (AvgIpc) is 2.91. The van der Waals surface area contributed by atoms with Crippen LogP contribution in [0.1, 0.15) is 25.3 Å². The number of ether oxygens (including phenoxy) is 2. The Hall–Kier alpha value is -1.15. The van der Waals surface area contributed by atoms with E-state index in [1.807, 2.05) is 36.0 Å². The lowest BCUT2D eigenvalue weighted by atomic mass is 10.2. The number of hydrogen-bond acceptors (Lipinski definition) is 4. The van der Waals surface area contributed by atoms with Crippen molar-refractivity contribution in [2.24, 2.45) is 0 Å². The summed E-state index contributed by atoms with van der Waals surface area (Å²) in [5.41, 5.74) is 0.946. The maximum atomic E-state index is 8.67. The van der Waals surface area contributed by atoms with Crippen molar-refractivity contribution in [1.82, 2.24) is 0 Å². The number of aliphatic hydroxyl groups excluding tert-OH is 1. The highest BCUT2D eigenvalue weighted by atomic mass is 32.2. The minimum absolute atomic E-state index is 0.108. The first-order valence-electron chi connectivity index (χ1n) is 7.35. The van der Waals surface area contributed by atoms with E-state index in [0.29, 0.717) is 24.4 Å². The molecule has 2 atom stereocenters. The van der Waals surface area contributed by atoms with Gasteiger partial charge in [0.2, 0.25) is 0 Å². The van der Waals surface area contributed by atoms with Gasteiger partial charge in [0.1, 0.15) is 5.75 Å². The molecule has 2 rings (SSSR count). The molecule has 0 spiro atoms. The number of benzene rings is 1. The molecule has 1 aliphatic heterocycles.